The first-order valence-corrected chi connectivity index (χ1v) is 8.45. The summed E-state index contributed by atoms with van der Waals surface area (Å²) in [4.78, 5) is 24.0. The van der Waals surface area contributed by atoms with E-state index < -0.39 is 5.91 Å². The number of aliphatic imine (C=N–C) groups is 1. The van der Waals surface area contributed by atoms with Crippen molar-refractivity contribution in [3.05, 3.63) is 65.1 Å². The zero-order valence-electron chi connectivity index (χ0n) is 15.2. The van der Waals surface area contributed by atoms with Crippen LogP contribution >= 0.6 is 0 Å². The third-order valence-corrected chi connectivity index (χ3v) is 5.03. The first-order chi connectivity index (χ1) is 12.3. The van der Waals surface area contributed by atoms with Crippen molar-refractivity contribution in [2.24, 2.45) is 4.99 Å². The lowest BCUT2D eigenvalue weighted by molar-refractivity contribution is -0.114. The van der Waals surface area contributed by atoms with E-state index in [-0.39, 0.29) is 16.8 Å². The number of anilines is 1. The standard InChI is InChI=1S/C20H20N4O2/c1-12-11-17-22-19(25)13(18(21)24(17)26-12)9-10-16-20(2,3)14-7-5-6-8-15(14)23(16)4/h5-11,21H,1-4H3/b13-9+,16-10+,21-18?. The number of amides is 1. The number of likely N-dealkylation sites (N-methyl/N-ethyl adjacent to an activating group) is 1. The van der Waals surface area contributed by atoms with Crippen LogP contribution in [0.4, 0.5) is 5.69 Å². The van der Waals surface area contributed by atoms with Crippen molar-refractivity contribution >= 4 is 23.3 Å². The molecule has 0 fully saturated rings. The number of para-hydroxylation sites is 1. The van der Waals surface area contributed by atoms with Gasteiger partial charge in [0.1, 0.15) is 5.76 Å². The Kier molecular flexibility index (Phi) is 3.41. The lowest BCUT2D eigenvalue weighted by atomic mass is 9.83. The maximum Gasteiger partial charge on any atom is 0.282 e. The van der Waals surface area contributed by atoms with Crippen molar-refractivity contribution in [2.45, 2.75) is 26.2 Å². The molecule has 0 saturated carbocycles. The van der Waals surface area contributed by atoms with Crippen molar-refractivity contribution in [3.63, 3.8) is 0 Å². The molecule has 1 amide bonds. The second-order valence-corrected chi connectivity index (χ2v) is 7.10. The van der Waals surface area contributed by atoms with Crippen LogP contribution in [0, 0.1) is 5.41 Å². The topological polar surface area (TPSA) is 69.0 Å². The van der Waals surface area contributed by atoms with Crippen LogP contribution in [0.5, 0.6) is 0 Å². The molecular weight excluding hydrogens is 328 g/mol. The Balaban J connectivity index is 1.73. The lowest BCUT2D eigenvalue weighted by Crippen LogP contribution is -2.38. The average molecular weight is 348 g/mol. The summed E-state index contributed by atoms with van der Waals surface area (Å²) in [6.07, 6.45) is 5.21. The van der Waals surface area contributed by atoms with Crippen LogP contribution < -0.4 is 4.90 Å². The maximum absolute atomic E-state index is 12.4. The zero-order chi connectivity index (χ0) is 18.6. The van der Waals surface area contributed by atoms with E-state index in [2.05, 4.69) is 35.9 Å². The Hall–Kier alpha value is -3.15. The predicted molar refractivity (Wildman–Crippen MR) is 101 cm³/mol. The van der Waals surface area contributed by atoms with E-state index in [1.165, 1.54) is 10.6 Å². The number of hydrogen-bond acceptors (Lipinski definition) is 4. The average Bonchev–Trinajstić information content (AvgIpc) is 3.05. The van der Waals surface area contributed by atoms with Crippen LogP contribution in [0.25, 0.3) is 0 Å². The molecule has 1 N–H and O–H groups in total. The first-order valence-electron chi connectivity index (χ1n) is 8.45. The van der Waals surface area contributed by atoms with Gasteiger partial charge < -0.3 is 9.74 Å². The highest BCUT2D eigenvalue weighted by molar-refractivity contribution is 6.30. The van der Waals surface area contributed by atoms with Crippen molar-refractivity contribution in [2.75, 3.05) is 11.9 Å². The number of nitrogens with zero attached hydrogens (tertiary/aromatic N) is 3. The number of fused-ring (bicyclic) bond motifs is 2. The number of hydrogen-bond donors (Lipinski definition) is 1. The molecule has 4 rings (SSSR count). The maximum atomic E-state index is 12.4. The van der Waals surface area contributed by atoms with Gasteiger partial charge in [0, 0.05) is 29.9 Å². The number of rotatable bonds is 1. The molecule has 0 aromatic heterocycles. The third kappa shape index (κ3) is 2.22. The quantitative estimate of drug-likeness (QED) is 0.791. The van der Waals surface area contributed by atoms with Gasteiger partial charge in [-0.15, -0.1) is 5.06 Å². The first kappa shape index (κ1) is 16.3. The predicted octanol–water partition coefficient (Wildman–Crippen LogP) is 3.29. The minimum Gasteiger partial charge on any atom is -0.376 e. The van der Waals surface area contributed by atoms with Gasteiger partial charge >= 0.3 is 0 Å². The summed E-state index contributed by atoms with van der Waals surface area (Å²) in [5, 5.41) is 9.58. The van der Waals surface area contributed by atoms with Gasteiger partial charge in [0.05, 0.1) is 5.57 Å². The summed E-state index contributed by atoms with van der Waals surface area (Å²) in [7, 11) is 2.01. The molecule has 6 heteroatoms. The molecule has 0 unspecified atom stereocenters. The monoisotopic (exact) mass is 348 g/mol. The molecule has 6 nitrogen and oxygen atoms in total. The van der Waals surface area contributed by atoms with E-state index in [1.54, 1.807) is 19.1 Å². The molecule has 26 heavy (non-hydrogen) atoms. The van der Waals surface area contributed by atoms with Crippen LogP contribution in [-0.4, -0.2) is 29.7 Å². The van der Waals surface area contributed by atoms with E-state index in [4.69, 9.17) is 10.2 Å². The molecule has 1 aromatic carbocycles. The Morgan fingerprint density at radius 3 is 2.69 bits per heavy atom. The van der Waals surface area contributed by atoms with E-state index in [0.29, 0.717) is 11.6 Å². The van der Waals surface area contributed by atoms with Gasteiger partial charge in [-0.3, -0.25) is 10.2 Å². The zero-order valence-corrected chi connectivity index (χ0v) is 15.2. The third-order valence-electron chi connectivity index (χ3n) is 5.03. The molecule has 0 bridgehead atoms. The molecule has 0 aliphatic carbocycles. The van der Waals surface area contributed by atoms with E-state index >= 15 is 0 Å². The summed E-state index contributed by atoms with van der Waals surface area (Å²) < 4.78 is 0. The highest BCUT2D eigenvalue weighted by Crippen LogP contribution is 2.46. The largest absolute Gasteiger partial charge is 0.376 e. The second-order valence-electron chi connectivity index (χ2n) is 7.10. The van der Waals surface area contributed by atoms with Crippen molar-refractivity contribution in [1.29, 1.82) is 5.41 Å². The number of nitrogens with one attached hydrogen (secondary N) is 1. The number of carbonyl (C=O) groups is 1. The smallest absolute Gasteiger partial charge is 0.282 e. The van der Waals surface area contributed by atoms with Crippen molar-refractivity contribution in [1.82, 2.24) is 5.06 Å². The molecule has 3 aliphatic rings. The Morgan fingerprint density at radius 2 is 1.96 bits per heavy atom. The van der Waals surface area contributed by atoms with Gasteiger partial charge in [0.15, 0.2) is 11.7 Å². The molecule has 3 heterocycles. The molecule has 0 saturated heterocycles. The highest BCUT2D eigenvalue weighted by atomic mass is 16.7. The molecule has 1 aromatic rings. The second kappa shape index (κ2) is 5.42. The number of carbonyl (C=O) groups excluding carboxylic acids is 1. The van der Waals surface area contributed by atoms with E-state index in [9.17, 15) is 4.79 Å². The minimum absolute atomic E-state index is 0.000852. The van der Waals surface area contributed by atoms with Gasteiger partial charge in [-0.25, -0.2) is 0 Å². The number of hydroxylamine groups is 2. The molecule has 0 atom stereocenters. The van der Waals surface area contributed by atoms with Crippen LogP contribution in [0.3, 0.4) is 0 Å². The molecular formula is C20H20N4O2. The van der Waals surface area contributed by atoms with Gasteiger partial charge in [-0.2, -0.15) is 4.99 Å². The van der Waals surface area contributed by atoms with Gasteiger partial charge in [-0.05, 0) is 30.7 Å². The Bertz CT molecular complexity index is 966. The van der Waals surface area contributed by atoms with Gasteiger partial charge in [0.25, 0.3) is 5.91 Å². The van der Waals surface area contributed by atoms with Crippen molar-refractivity contribution in [3.8, 4) is 0 Å². The molecule has 3 aliphatic heterocycles. The number of benzene rings is 1. The van der Waals surface area contributed by atoms with Gasteiger partial charge in [-0.1, -0.05) is 32.0 Å². The SMILES string of the molecule is CC1=CC2=NC(=O)/C(=C/C=C3/N(C)c4ccccc4C3(C)C)C(=N)N2O1. The summed E-state index contributed by atoms with van der Waals surface area (Å²) in [5.41, 5.74) is 3.46. The fraction of sp³-hybridized carbons (Fsp3) is 0.250. The summed E-state index contributed by atoms with van der Waals surface area (Å²) >= 11 is 0. The fourth-order valence-corrected chi connectivity index (χ4v) is 3.68. The summed E-state index contributed by atoms with van der Waals surface area (Å²) in [5.74, 6) is 0.533. The molecule has 0 spiro atoms. The molecule has 0 radical (unpaired) electrons. The van der Waals surface area contributed by atoms with Crippen molar-refractivity contribution < 1.29 is 9.63 Å². The Morgan fingerprint density at radius 1 is 1.23 bits per heavy atom. The Labute approximate surface area is 152 Å². The number of amidine groups is 2. The summed E-state index contributed by atoms with van der Waals surface area (Å²) in [6, 6.07) is 8.26. The van der Waals surface area contributed by atoms with Crippen LogP contribution in [0.2, 0.25) is 0 Å². The van der Waals surface area contributed by atoms with Crippen LogP contribution in [0.1, 0.15) is 26.3 Å². The molecule has 132 valence electrons. The van der Waals surface area contributed by atoms with Crippen LogP contribution in [-0.2, 0) is 15.0 Å². The highest BCUT2D eigenvalue weighted by Gasteiger charge is 2.38. The fourth-order valence-electron chi connectivity index (χ4n) is 3.68. The number of allylic oxidation sites excluding steroid dienone is 4. The normalized spacial score (nSPS) is 23.8. The minimum atomic E-state index is -0.427. The van der Waals surface area contributed by atoms with E-state index in [0.717, 1.165) is 11.4 Å². The van der Waals surface area contributed by atoms with Crippen LogP contribution in [0.15, 0.2) is 64.5 Å². The van der Waals surface area contributed by atoms with E-state index in [1.807, 2.05) is 25.3 Å². The lowest BCUT2D eigenvalue weighted by Gasteiger charge is -2.25. The van der Waals surface area contributed by atoms with Gasteiger partial charge in [0.2, 0.25) is 0 Å². The summed E-state index contributed by atoms with van der Waals surface area (Å²) in [6.45, 7) is 6.07.